The number of benzene rings is 2. The second-order valence-corrected chi connectivity index (χ2v) is 8.12. The lowest BCUT2D eigenvalue weighted by Crippen LogP contribution is -2.62. The van der Waals surface area contributed by atoms with Gasteiger partial charge in [0, 0.05) is 12.1 Å². The van der Waals surface area contributed by atoms with Gasteiger partial charge in [-0.1, -0.05) is 54.6 Å². The number of fused-ring (bicyclic) bond motifs is 1. The number of urea groups is 1. The molecule has 1 N–H and O–H groups in total. The second kappa shape index (κ2) is 8.71. The summed E-state index contributed by atoms with van der Waals surface area (Å²) in [5.74, 6) is -1.18. The zero-order valence-corrected chi connectivity index (χ0v) is 16.8. The van der Waals surface area contributed by atoms with Gasteiger partial charge >= 0.3 is 6.03 Å². The molecule has 2 aliphatic heterocycles. The first-order valence-electron chi connectivity index (χ1n) is 9.53. The fraction of sp³-hybridized carbons (Fsp3) is 0.227. The van der Waals surface area contributed by atoms with E-state index in [9.17, 15) is 18.8 Å². The molecule has 0 spiro atoms. The van der Waals surface area contributed by atoms with Gasteiger partial charge in [-0.25, -0.2) is 9.18 Å². The average molecular weight is 425 g/mol. The minimum absolute atomic E-state index is 0.170. The van der Waals surface area contributed by atoms with Crippen LogP contribution < -0.4 is 5.32 Å². The van der Waals surface area contributed by atoms with E-state index in [1.807, 2.05) is 30.3 Å². The Labute approximate surface area is 177 Å². The number of nitrogens with zero attached hydrogens (tertiary/aromatic N) is 2. The van der Waals surface area contributed by atoms with Crippen LogP contribution in [0.1, 0.15) is 11.1 Å². The van der Waals surface area contributed by atoms with E-state index in [0.717, 1.165) is 10.5 Å². The summed E-state index contributed by atoms with van der Waals surface area (Å²) in [6.45, 7) is -0.00665. The molecule has 154 valence electrons. The number of imide groups is 1. The highest BCUT2D eigenvalue weighted by Crippen LogP contribution is 2.34. The molecule has 4 amide bonds. The molecule has 0 radical (unpaired) electrons. The number of thioether (sulfide) groups is 1. The molecule has 1 fully saturated rings. The molecule has 2 aromatic carbocycles. The molecule has 0 saturated carbocycles. The van der Waals surface area contributed by atoms with Crippen LogP contribution in [0.5, 0.6) is 0 Å². The highest BCUT2D eigenvalue weighted by molar-refractivity contribution is 8.03. The molecule has 6 nitrogen and oxygen atoms in total. The number of rotatable bonds is 6. The van der Waals surface area contributed by atoms with Gasteiger partial charge in [0.25, 0.3) is 0 Å². The van der Waals surface area contributed by atoms with Gasteiger partial charge in [-0.05, 0) is 17.0 Å². The van der Waals surface area contributed by atoms with Crippen LogP contribution in [0.4, 0.5) is 9.18 Å². The molecule has 8 heteroatoms. The van der Waals surface area contributed by atoms with E-state index in [0.29, 0.717) is 6.54 Å². The van der Waals surface area contributed by atoms with E-state index in [2.05, 4.69) is 5.32 Å². The van der Waals surface area contributed by atoms with E-state index < -0.39 is 23.1 Å². The van der Waals surface area contributed by atoms with Crippen LogP contribution in [0.15, 0.2) is 66.1 Å². The van der Waals surface area contributed by atoms with Crippen LogP contribution in [0.2, 0.25) is 0 Å². The van der Waals surface area contributed by atoms with Crippen molar-refractivity contribution in [3.63, 3.8) is 0 Å². The topological polar surface area (TPSA) is 69.7 Å². The second-order valence-electron chi connectivity index (χ2n) is 7.06. The van der Waals surface area contributed by atoms with Gasteiger partial charge in [-0.2, -0.15) is 0 Å². The van der Waals surface area contributed by atoms with Gasteiger partial charge in [0.1, 0.15) is 17.6 Å². The van der Waals surface area contributed by atoms with E-state index in [1.165, 1.54) is 22.7 Å². The number of carbonyl (C=O) groups is 3. The first-order valence-corrected chi connectivity index (χ1v) is 10.5. The zero-order valence-electron chi connectivity index (χ0n) is 16.0. The Balaban J connectivity index is 1.49. The Morgan fingerprint density at radius 1 is 1.07 bits per heavy atom. The summed E-state index contributed by atoms with van der Waals surface area (Å²) in [4.78, 5) is 40.9. The smallest absolute Gasteiger partial charge is 0.328 e. The highest BCUT2D eigenvalue weighted by Gasteiger charge is 2.47. The van der Waals surface area contributed by atoms with Gasteiger partial charge in [-0.3, -0.25) is 14.5 Å². The summed E-state index contributed by atoms with van der Waals surface area (Å²) in [7, 11) is 0. The largest absolute Gasteiger partial charge is 0.350 e. The molecule has 30 heavy (non-hydrogen) atoms. The fourth-order valence-electron chi connectivity index (χ4n) is 3.52. The van der Waals surface area contributed by atoms with Gasteiger partial charge in [-0.15, -0.1) is 11.8 Å². The third-order valence-electron chi connectivity index (χ3n) is 5.09. The normalized spacial score (nSPS) is 20.4. The molecule has 0 aliphatic carbocycles. The monoisotopic (exact) mass is 425 g/mol. The number of carbonyl (C=O) groups excluding carboxylic acids is 3. The minimum Gasteiger partial charge on any atom is -0.350 e. The molecule has 2 heterocycles. The maximum Gasteiger partial charge on any atom is 0.328 e. The van der Waals surface area contributed by atoms with Crippen LogP contribution >= 0.6 is 11.8 Å². The molecule has 1 saturated heterocycles. The zero-order chi connectivity index (χ0) is 21.1. The van der Waals surface area contributed by atoms with Gasteiger partial charge in [0.05, 0.1) is 12.6 Å². The van der Waals surface area contributed by atoms with Gasteiger partial charge in [0.15, 0.2) is 0 Å². The molecule has 2 atom stereocenters. The van der Waals surface area contributed by atoms with E-state index in [1.54, 1.807) is 29.7 Å². The maximum absolute atomic E-state index is 14.1. The predicted octanol–water partition coefficient (Wildman–Crippen LogP) is 2.90. The molecular weight excluding hydrogens is 405 g/mol. The lowest BCUT2D eigenvalue weighted by atomic mass is 10.1. The molecule has 0 bridgehead atoms. The Morgan fingerprint density at radius 3 is 2.57 bits per heavy atom. The summed E-state index contributed by atoms with van der Waals surface area (Å²) < 4.78 is 14.1. The minimum atomic E-state index is -0.591. The lowest BCUT2D eigenvalue weighted by molar-refractivity contribution is -0.133. The summed E-state index contributed by atoms with van der Waals surface area (Å²) in [5.41, 5.74) is 1.20. The van der Waals surface area contributed by atoms with Crippen molar-refractivity contribution in [3.8, 4) is 0 Å². The lowest BCUT2D eigenvalue weighted by Gasteiger charge is -2.41. The number of halogens is 1. The number of hydrogen-bond acceptors (Lipinski definition) is 4. The van der Waals surface area contributed by atoms with Crippen LogP contribution in [0, 0.1) is 5.82 Å². The van der Waals surface area contributed by atoms with E-state index in [-0.39, 0.29) is 30.5 Å². The summed E-state index contributed by atoms with van der Waals surface area (Å²) in [5, 5.41) is 4.04. The van der Waals surface area contributed by atoms with E-state index in [4.69, 9.17) is 0 Å². The summed E-state index contributed by atoms with van der Waals surface area (Å²) in [6.07, 6.45) is 1.76. The number of hydrogen-bond donors (Lipinski definition) is 1. The Hall–Kier alpha value is -3.13. The summed E-state index contributed by atoms with van der Waals surface area (Å²) in [6, 6.07) is 14.4. The van der Waals surface area contributed by atoms with Crippen molar-refractivity contribution in [2.75, 3.05) is 6.54 Å². The molecule has 2 unspecified atom stereocenters. The average Bonchev–Trinajstić information content (AvgIpc) is 3.25. The fourth-order valence-corrected chi connectivity index (χ4v) is 4.58. The van der Waals surface area contributed by atoms with E-state index >= 15 is 0 Å². The third kappa shape index (κ3) is 4.09. The predicted molar refractivity (Wildman–Crippen MR) is 112 cm³/mol. The van der Waals surface area contributed by atoms with Gasteiger partial charge < -0.3 is 10.2 Å². The molecular formula is C22H20FN3O3S. The number of nitrogens with one attached hydrogen (secondary N) is 1. The Kier molecular flexibility index (Phi) is 5.85. The van der Waals surface area contributed by atoms with Crippen molar-refractivity contribution in [2.24, 2.45) is 0 Å². The third-order valence-corrected chi connectivity index (χ3v) is 6.18. The molecule has 0 aromatic heterocycles. The van der Waals surface area contributed by atoms with Crippen molar-refractivity contribution in [1.82, 2.24) is 15.1 Å². The SMILES string of the molecule is O=C(CN1C(=O)N(Cc2ccccc2F)C(=O)C2SC=CC21)NCc1ccccc1. The summed E-state index contributed by atoms with van der Waals surface area (Å²) >= 11 is 1.30. The first kappa shape index (κ1) is 20.2. The highest BCUT2D eigenvalue weighted by atomic mass is 32.2. The number of amides is 4. The van der Waals surface area contributed by atoms with Crippen molar-refractivity contribution < 1.29 is 18.8 Å². The quantitative estimate of drug-likeness (QED) is 0.773. The van der Waals surface area contributed by atoms with Crippen LogP contribution in [0.25, 0.3) is 0 Å². The maximum atomic E-state index is 14.1. The molecule has 2 aliphatic rings. The van der Waals surface area contributed by atoms with Crippen LogP contribution in [-0.2, 0) is 22.7 Å². The Morgan fingerprint density at radius 2 is 1.80 bits per heavy atom. The van der Waals surface area contributed by atoms with Crippen molar-refractivity contribution in [3.05, 3.63) is 83.0 Å². The molecule has 2 aromatic rings. The van der Waals surface area contributed by atoms with Crippen molar-refractivity contribution >= 4 is 29.6 Å². The molecule has 4 rings (SSSR count). The van der Waals surface area contributed by atoms with Crippen molar-refractivity contribution in [2.45, 2.75) is 24.4 Å². The standard InChI is InChI=1S/C22H20FN3O3S/c23-17-9-5-4-8-16(17)13-26-21(28)20-18(10-11-30-20)25(22(26)29)14-19(27)24-12-15-6-2-1-3-7-15/h1-11,18,20H,12-14H2,(H,24,27). The van der Waals surface area contributed by atoms with Crippen LogP contribution in [0.3, 0.4) is 0 Å². The first-order chi connectivity index (χ1) is 14.5. The Bertz CT molecular complexity index is 998. The van der Waals surface area contributed by atoms with Crippen LogP contribution in [-0.4, -0.2) is 45.5 Å². The van der Waals surface area contributed by atoms with Gasteiger partial charge in [0.2, 0.25) is 11.8 Å². The van der Waals surface area contributed by atoms with Crippen molar-refractivity contribution in [1.29, 1.82) is 0 Å².